The standard InChI is InChI=1S/C21H24N4O3S2/c1-14(17-8-10-18(11-9-17)30(22,27)28)23-20(26)13-29-21-24-15(2)19(25-21)12-16-6-4-3-5-7-16/h3-11,14H,12-13H2,1-2H3,(H,23,26)(H,24,25)(H2,22,27,28)/t14-/m1/s1. The lowest BCUT2D eigenvalue weighted by molar-refractivity contribution is -0.119. The number of benzene rings is 2. The minimum atomic E-state index is -3.73. The molecular weight excluding hydrogens is 420 g/mol. The van der Waals surface area contributed by atoms with Crippen molar-refractivity contribution in [2.75, 3.05) is 5.75 Å². The number of hydrogen-bond donors (Lipinski definition) is 3. The molecule has 30 heavy (non-hydrogen) atoms. The van der Waals surface area contributed by atoms with Crippen molar-refractivity contribution in [3.63, 3.8) is 0 Å². The number of H-pyrrole nitrogens is 1. The molecule has 158 valence electrons. The maximum absolute atomic E-state index is 12.3. The van der Waals surface area contributed by atoms with Crippen molar-refractivity contribution in [1.82, 2.24) is 15.3 Å². The number of aryl methyl sites for hydroxylation is 1. The lowest BCUT2D eigenvalue weighted by atomic mass is 10.1. The van der Waals surface area contributed by atoms with E-state index in [-0.39, 0.29) is 22.6 Å². The van der Waals surface area contributed by atoms with E-state index in [9.17, 15) is 13.2 Å². The molecule has 2 aromatic carbocycles. The van der Waals surface area contributed by atoms with E-state index in [2.05, 4.69) is 27.4 Å². The van der Waals surface area contributed by atoms with E-state index < -0.39 is 10.0 Å². The van der Waals surface area contributed by atoms with E-state index in [1.54, 1.807) is 12.1 Å². The topological polar surface area (TPSA) is 118 Å². The minimum Gasteiger partial charge on any atom is -0.349 e. The number of carbonyl (C=O) groups is 1. The number of rotatable bonds is 8. The van der Waals surface area contributed by atoms with Crippen molar-refractivity contribution < 1.29 is 13.2 Å². The molecule has 0 unspecified atom stereocenters. The Bertz CT molecular complexity index is 1110. The Morgan fingerprint density at radius 2 is 1.83 bits per heavy atom. The Morgan fingerprint density at radius 1 is 1.17 bits per heavy atom. The van der Waals surface area contributed by atoms with Crippen LogP contribution in [0.25, 0.3) is 0 Å². The molecule has 3 rings (SSSR count). The lowest BCUT2D eigenvalue weighted by Gasteiger charge is -2.14. The molecule has 0 radical (unpaired) electrons. The molecule has 4 N–H and O–H groups in total. The molecule has 0 spiro atoms. The summed E-state index contributed by atoms with van der Waals surface area (Å²) in [5.74, 6) is 0.0822. The van der Waals surface area contributed by atoms with Crippen LogP contribution in [0.1, 0.15) is 35.5 Å². The van der Waals surface area contributed by atoms with Gasteiger partial charge < -0.3 is 10.3 Å². The summed E-state index contributed by atoms with van der Waals surface area (Å²) in [4.78, 5) is 20.2. The van der Waals surface area contributed by atoms with Crippen LogP contribution < -0.4 is 10.5 Å². The second kappa shape index (κ2) is 9.46. The first-order valence-electron chi connectivity index (χ1n) is 9.36. The van der Waals surface area contributed by atoms with E-state index in [1.165, 1.54) is 29.5 Å². The van der Waals surface area contributed by atoms with Crippen molar-refractivity contribution in [3.8, 4) is 0 Å². The third-order valence-electron chi connectivity index (χ3n) is 4.60. The van der Waals surface area contributed by atoms with Crippen LogP contribution >= 0.6 is 11.8 Å². The fourth-order valence-corrected chi connectivity index (χ4v) is 4.21. The first-order valence-corrected chi connectivity index (χ1v) is 11.9. The molecule has 7 nitrogen and oxygen atoms in total. The van der Waals surface area contributed by atoms with Gasteiger partial charge in [0.1, 0.15) is 0 Å². The number of nitrogens with one attached hydrogen (secondary N) is 2. The molecule has 0 saturated heterocycles. The van der Waals surface area contributed by atoms with Gasteiger partial charge in [-0.2, -0.15) is 0 Å². The summed E-state index contributed by atoms with van der Waals surface area (Å²) in [5.41, 5.74) is 3.93. The molecule has 0 aliphatic rings. The highest BCUT2D eigenvalue weighted by Gasteiger charge is 2.14. The Balaban J connectivity index is 1.54. The van der Waals surface area contributed by atoms with Gasteiger partial charge in [-0.15, -0.1) is 0 Å². The first kappa shape index (κ1) is 22.1. The Hall–Kier alpha value is -2.62. The van der Waals surface area contributed by atoms with Gasteiger partial charge in [-0.05, 0) is 37.1 Å². The molecule has 0 fully saturated rings. The van der Waals surface area contributed by atoms with Crippen LogP contribution in [0.15, 0.2) is 64.6 Å². The van der Waals surface area contributed by atoms with Crippen molar-refractivity contribution in [2.24, 2.45) is 5.14 Å². The van der Waals surface area contributed by atoms with Crippen molar-refractivity contribution in [3.05, 3.63) is 77.1 Å². The molecule has 0 aliphatic heterocycles. The lowest BCUT2D eigenvalue weighted by Crippen LogP contribution is -2.28. The summed E-state index contributed by atoms with van der Waals surface area (Å²) in [7, 11) is -3.73. The monoisotopic (exact) mass is 444 g/mol. The number of aromatic nitrogens is 2. The van der Waals surface area contributed by atoms with Gasteiger partial charge in [0, 0.05) is 12.1 Å². The summed E-state index contributed by atoms with van der Waals surface area (Å²) in [6.07, 6.45) is 0.738. The van der Waals surface area contributed by atoms with E-state index in [1.807, 2.05) is 32.0 Å². The number of hydrogen-bond acceptors (Lipinski definition) is 5. The number of nitrogens with zero attached hydrogens (tertiary/aromatic N) is 1. The predicted molar refractivity (Wildman–Crippen MR) is 118 cm³/mol. The van der Waals surface area contributed by atoms with Crippen LogP contribution in [0.2, 0.25) is 0 Å². The summed E-state index contributed by atoms with van der Waals surface area (Å²) in [6, 6.07) is 16.0. The molecule has 1 heterocycles. The van der Waals surface area contributed by atoms with Gasteiger partial charge in [-0.3, -0.25) is 4.79 Å². The maximum Gasteiger partial charge on any atom is 0.238 e. The SMILES string of the molecule is Cc1[nH]c(SCC(=O)N[C@H](C)c2ccc(S(N)(=O)=O)cc2)nc1Cc1ccccc1. The molecule has 9 heteroatoms. The fourth-order valence-electron chi connectivity index (χ4n) is 2.94. The minimum absolute atomic E-state index is 0.0415. The number of imidazole rings is 1. The van der Waals surface area contributed by atoms with Gasteiger partial charge in [0.05, 0.1) is 22.4 Å². The van der Waals surface area contributed by atoms with Gasteiger partial charge in [-0.1, -0.05) is 54.2 Å². The van der Waals surface area contributed by atoms with Gasteiger partial charge in [-0.25, -0.2) is 18.5 Å². The van der Waals surface area contributed by atoms with Gasteiger partial charge in [0.15, 0.2) is 5.16 Å². The average molecular weight is 445 g/mol. The number of thioether (sulfide) groups is 1. The Morgan fingerprint density at radius 3 is 2.47 bits per heavy atom. The normalized spacial score (nSPS) is 12.5. The molecule has 3 aromatic rings. The molecule has 0 aliphatic carbocycles. The zero-order chi connectivity index (χ0) is 21.7. The van der Waals surface area contributed by atoms with E-state index in [0.29, 0.717) is 5.16 Å². The molecule has 1 amide bonds. The molecule has 0 bridgehead atoms. The smallest absolute Gasteiger partial charge is 0.238 e. The van der Waals surface area contributed by atoms with Crippen LogP contribution in [0.4, 0.5) is 0 Å². The Kier molecular flexibility index (Phi) is 6.96. The summed E-state index contributed by atoms with van der Waals surface area (Å²) >= 11 is 1.34. The highest BCUT2D eigenvalue weighted by Crippen LogP contribution is 2.20. The second-order valence-electron chi connectivity index (χ2n) is 6.97. The number of primary sulfonamides is 1. The number of aromatic amines is 1. The number of amides is 1. The first-order chi connectivity index (χ1) is 14.2. The number of carbonyl (C=O) groups excluding carboxylic acids is 1. The van der Waals surface area contributed by atoms with Crippen LogP contribution in [0.3, 0.4) is 0 Å². The van der Waals surface area contributed by atoms with Crippen molar-refractivity contribution in [2.45, 2.75) is 36.4 Å². The van der Waals surface area contributed by atoms with Crippen molar-refractivity contribution >= 4 is 27.7 Å². The van der Waals surface area contributed by atoms with E-state index in [4.69, 9.17) is 5.14 Å². The third-order valence-corrected chi connectivity index (χ3v) is 6.41. The molecule has 1 aromatic heterocycles. The fraction of sp³-hybridized carbons (Fsp3) is 0.238. The third kappa shape index (κ3) is 5.94. The number of nitrogens with two attached hydrogens (primary N) is 1. The molecule has 1 atom stereocenters. The van der Waals surface area contributed by atoms with Crippen LogP contribution in [-0.2, 0) is 21.2 Å². The molecule has 0 saturated carbocycles. The summed E-state index contributed by atoms with van der Waals surface area (Å²) in [5, 5.41) is 8.72. The van der Waals surface area contributed by atoms with E-state index in [0.717, 1.165) is 23.4 Å². The van der Waals surface area contributed by atoms with Gasteiger partial charge >= 0.3 is 0 Å². The van der Waals surface area contributed by atoms with Crippen LogP contribution in [0, 0.1) is 6.92 Å². The highest BCUT2D eigenvalue weighted by atomic mass is 32.2. The second-order valence-corrected chi connectivity index (χ2v) is 9.49. The zero-order valence-electron chi connectivity index (χ0n) is 16.8. The highest BCUT2D eigenvalue weighted by molar-refractivity contribution is 7.99. The number of sulfonamides is 1. The van der Waals surface area contributed by atoms with Gasteiger partial charge in [0.25, 0.3) is 0 Å². The average Bonchev–Trinajstić information content (AvgIpc) is 3.06. The summed E-state index contributed by atoms with van der Waals surface area (Å²) < 4.78 is 22.7. The van der Waals surface area contributed by atoms with Crippen LogP contribution in [-0.4, -0.2) is 30.0 Å². The molecular formula is C21H24N4O3S2. The van der Waals surface area contributed by atoms with Crippen LogP contribution in [0.5, 0.6) is 0 Å². The predicted octanol–water partition coefficient (Wildman–Crippen LogP) is 2.93. The van der Waals surface area contributed by atoms with E-state index >= 15 is 0 Å². The quantitative estimate of drug-likeness (QED) is 0.462. The zero-order valence-corrected chi connectivity index (χ0v) is 18.4. The van der Waals surface area contributed by atoms with Crippen molar-refractivity contribution in [1.29, 1.82) is 0 Å². The Labute approximate surface area is 180 Å². The van der Waals surface area contributed by atoms with Gasteiger partial charge in [0.2, 0.25) is 15.9 Å². The maximum atomic E-state index is 12.3. The largest absolute Gasteiger partial charge is 0.349 e. The summed E-state index contributed by atoms with van der Waals surface area (Å²) in [6.45, 7) is 3.81.